The lowest BCUT2D eigenvalue weighted by atomic mass is 9.96. The van der Waals surface area contributed by atoms with E-state index in [9.17, 15) is 4.39 Å². The van der Waals surface area contributed by atoms with E-state index in [0.29, 0.717) is 48.4 Å². The van der Waals surface area contributed by atoms with Gasteiger partial charge in [-0.15, -0.1) is 10.2 Å². The van der Waals surface area contributed by atoms with Gasteiger partial charge < -0.3 is 14.8 Å². The Morgan fingerprint density at radius 3 is 2.77 bits per heavy atom. The van der Waals surface area contributed by atoms with Crippen LogP contribution in [0.4, 0.5) is 10.2 Å². The van der Waals surface area contributed by atoms with E-state index in [2.05, 4.69) is 25.5 Å². The van der Waals surface area contributed by atoms with Crippen molar-refractivity contribution in [3.8, 4) is 22.6 Å². The number of ether oxygens (including phenoxy) is 2. The van der Waals surface area contributed by atoms with Crippen LogP contribution in [0.1, 0.15) is 22.9 Å². The Kier molecular flexibility index (Phi) is 3.64. The molecule has 8 nitrogen and oxygen atoms in total. The van der Waals surface area contributed by atoms with Crippen molar-refractivity contribution in [2.45, 2.75) is 19.4 Å². The molecule has 1 aromatic carbocycles. The van der Waals surface area contributed by atoms with Crippen molar-refractivity contribution in [3.05, 3.63) is 59.7 Å². The summed E-state index contributed by atoms with van der Waals surface area (Å²) < 4.78 is 28.5. The van der Waals surface area contributed by atoms with Crippen LogP contribution in [0.3, 0.4) is 0 Å². The van der Waals surface area contributed by atoms with Crippen molar-refractivity contribution >= 4 is 11.5 Å². The van der Waals surface area contributed by atoms with E-state index >= 15 is 0 Å². The lowest BCUT2D eigenvalue weighted by Gasteiger charge is -2.16. The zero-order valence-electron chi connectivity index (χ0n) is 16.1. The van der Waals surface area contributed by atoms with Gasteiger partial charge >= 0.3 is 0 Å². The molecule has 3 aromatic heterocycles. The minimum Gasteiger partial charge on any atom is -0.493 e. The molecule has 30 heavy (non-hydrogen) atoms. The predicted octanol–water partition coefficient (Wildman–Crippen LogP) is 3.11. The highest BCUT2D eigenvalue weighted by Crippen LogP contribution is 2.41. The maximum absolute atomic E-state index is 14.7. The number of halogens is 1. The van der Waals surface area contributed by atoms with E-state index in [1.165, 1.54) is 6.07 Å². The van der Waals surface area contributed by atoms with Crippen LogP contribution in [0.15, 0.2) is 36.9 Å². The summed E-state index contributed by atoms with van der Waals surface area (Å²) in [5, 5.41) is 11.7. The molecule has 1 N–H and O–H groups in total. The second kappa shape index (κ2) is 6.38. The first kappa shape index (κ1) is 17.1. The van der Waals surface area contributed by atoms with Gasteiger partial charge in [0, 0.05) is 41.2 Å². The molecule has 0 radical (unpaired) electrons. The van der Waals surface area contributed by atoms with Gasteiger partial charge in [-0.1, -0.05) is 0 Å². The quantitative estimate of drug-likeness (QED) is 0.522. The van der Waals surface area contributed by atoms with Gasteiger partial charge in [0.15, 0.2) is 17.2 Å². The van der Waals surface area contributed by atoms with Crippen LogP contribution >= 0.6 is 0 Å². The summed E-state index contributed by atoms with van der Waals surface area (Å²) in [7, 11) is 0. The van der Waals surface area contributed by atoms with Gasteiger partial charge in [-0.2, -0.15) is 0 Å². The summed E-state index contributed by atoms with van der Waals surface area (Å²) in [6, 6.07) is 5.04. The third-order valence-electron chi connectivity index (χ3n) is 5.61. The molecule has 0 unspecified atom stereocenters. The Bertz CT molecular complexity index is 1290. The van der Waals surface area contributed by atoms with Crippen molar-refractivity contribution in [3.63, 3.8) is 0 Å². The van der Waals surface area contributed by atoms with Crippen molar-refractivity contribution < 1.29 is 13.9 Å². The van der Waals surface area contributed by atoms with Crippen LogP contribution in [0.5, 0.6) is 11.5 Å². The molecule has 1 atom stereocenters. The Hall–Kier alpha value is -3.75. The van der Waals surface area contributed by atoms with Crippen LogP contribution in [0, 0.1) is 12.7 Å². The lowest BCUT2D eigenvalue weighted by molar-refractivity contribution is 0.249. The first-order chi connectivity index (χ1) is 14.7. The molecule has 0 saturated carbocycles. The molecule has 0 saturated heterocycles. The van der Waals surface area contributed by atoms with Crippen LogP contribution in [0.2, 0.25) is 0 Å². The molecule has 0 aliphatic carbocycles. The maximum atomic E-state index is 14.7. The molecule has 6 rings (SSSR count). The molecular formula is C21H17FN6O2. The van der Waals surface area contributed by atoms with E-state index < -0.39 is 0 Å². The summed E-state index contributed by atoms with van der Waals surface area (Å²) in [6.45, 7) is 2.97. The molecule has 2 aliphatic heterocycles. The molecule has 0 bridgehead atoms. The predicted molar refractivity (Wildman–Crippen MR) is 106 cm³/mol. The molecule has 150 valence electrons. The summed E-state index contributed by atoms with van der Waals surface area (Å²) in [5.74, 6) is 2.41. The number of pyridine rings is 1. The van der Waals surface area contributed by atoms with Gasteiger partial charge in [-0.05, 0) is 25.1 Å². The number of benzene rings is 1. The number of nitrogens with one attached hydrogen (secondary N) is 1. The van der Waals surface area contributed by atoms with E-state index in [1.807, 2.05) is 17.4 Å². The number of hydrogen-bond donors (Lipinski definition) is 1. The average molecular weight is 404 g/mol. The monoisotopic (exact) mass is 404 g/mol. The second-order valence-electron chi connectivity index (χ2n) is 7.42. The highest BCUT2D eigenvalue weighted by molar-refractivity contribution is 5.81. The number of rotatable bonds is 1. The van der Waals surface area contributed by atoms with Gasteiger partial charge in [0.2, 0.25) is 0 Å². The number of hydrogen-bond acceptors (Lipinski definition) is 7. The number of anilines is 1. The van der Waals surface area contributed by atoms with E-state index in [0.717, 1.165) is 22.4 Å². The lowest BCUT2D eigenvalue weighted by Crippen LogP contribution is -2.13. The van der Waals surface area contributed by atoms with E-state index in [1.54, 1.807) is 24.8 Å². The first-order valence-corrected chi connectivity index (χ1v) is 9.65. The summed E-state index contributed by atoms with van der Waals surface area (Å²) in [6.07, 6.45) is 5.12. The molecule has 0 fully saturated rings. The molecule has 9 heteroatoms. The minimum absolute atomic E-state index is 0.0405. The Morgan fingerprint density at radius 1 is 1.13 bits per heavy atom. The zero-order valence-corrected chi connectivity index (χ0v) is 16.1. The number of fused-ring (bicyclic) bond motifs is 3. The Balaban J connectivity index is 1.51. The third-order valence-corrected chi connectivity index (χ3v) is 5.61. The topological polar surface area (TPSA) is 86.5 Å². The largest absolute Gasteiger partial charge is 0.493 e. The SMILES string of the molecule is Cc1ncc(-c2cc3c(n4cnnc24)NCc2c(F)ccc4c2[C@@H](CO4)CO3)cn1. The summed E-state index contributed by atoms with van der Waals surface area (Å²) >= 11 is 0. The smallest absolute Gasteiger partial charge is 0.170 e. The van der Waals surface area contributed by atoms with Crippen LogP contribution in [0.25, 0.3) is 16.8 Å². The number of nitrogens with zero attached hydrogens (tertiary/aromatic N) is 5. The van der Waals surface area contributed by atoms with Crippen molar-refractivity contribution in [2.75, 3.05) is 18.5 Å². The fraction of sp³-hybridized carbons (Fsp3) is 0.238. The molecular weight excluding hydrogens is 387 g/mol. The fourth-order valence-electron chi connectivity index (χ4n) is 4.13. The minimum atomic E-state index is -0.256. The van der Waals surface area contributed by atoms with Gasteiger partial charge in [0.05, 0.1) is 19.1 Å². The Morgan fingerprint density at radius 2 is 1.93 bits per heavy atom. The molecule has 5 heterocycles. The van der Waals surface area contributed by atoms with Crippen molar-refractivity contribution in [1.82, 2.24) is 24.6 Å². The first-order valence-electron chi connectivity index (χ1n) is 9.65. The van der Waals surface area contributed by atoms with Crippen LogP contribution in [-0.2, 0) is 6.54 Å². The molecule has 0 spiro atoms. The van der Waals surface area contributed by atoms with E-state index in [-0.39, 0.29) is 11.7 Å². The fourth-order valence-corrected chi connectivity index (χ4v) is 4.13. The average Bonchev–Trinajstić information content (AvgIpc) is 3.40. The molecule has 0 amide bonds. The van der Waals surface area contributed by atoms with Gasteiger partial charge in [0.1, 0.15) is 23.7 Å². The highest BCUT2D eigenvalue weighted by Gasteiger charge is 2.31. The third kappa shape index (κ3) is 2.51. The second-order valence-corrected chi connectivity index (χ2v) is 7.42. The highest BCUT2D eigenvalue weighted by atomic mass is 19.1. The van der Waals surface area contributed by atoms with Crippen LogP contribution < -0.4 is 14.8 Å². The zero-order chi connectivity index (χ0) is 20.2. The van der Waals surface area contributed by atoms with Crippen molar-refractivity contribution in [2.24, 2.45) is 0 Å². The van der Waals surface area contributed by atoms with Crippen molar-refractivity contribution in [1.29, 1.82) is 0 Å². The Labute approximate surface area is 170 Å². The van der Waals surface area contributed by atoms with Gasteiger partial charge in [-0.25, -0.2) is 14.4 Å². The summed E-state index contributed by atoms with van der Waals surface area (Å²) in [5.41, 5.74) is 3.73. The molecule has 2 aliphatic rings. The normalized spacial score (nSPS) is 17.1. The van der Waals surface area contributed by atoms with Gasteiger partial charge in [0.25, 0.3) is 0 Å². The standard InChI is InChI=1S/C21H17FN6O2/c1-11-23-5-12(6-24-11)14-4-18-21(28-10-26-27-20(14)28)25-7-15-16(22)2-3-17-19(15)13(8-29-17)9-30-18/h2-6,10,13,25H,7-9H2,1H3/t13-/m0/s1. The molecule has 4 aromatic rings. The number of aryl methyl sites for hydroxylation is 1. The van der Waals surface area contributed by atoms with Crippen LogP contribution in [-0.4, -0.2) is 37.8 Å². The summed E-state index contributed by atoms with van der Waals surface area (Å²) in [4.78, 5) is 8.59. The van der Waals surface area contributed by atoms with Gasteiger partial charge in [-0.3, -0.25) is 4.40 Å². The maximum Gasteiger partial charge on any atom is 0.170 e. The van der Waals surface area contributed by atoms with E-state index in [4.69, 9.17) is 9.47 Å². The number of aromatic nitrogens is 5.